The van der Waals surface area contributed by atoms with Gasteiger partial charge in [0, 0.05) is 5.69 Å². The van der Waals surface area contributed by atoms with Gasteiger partial charge in [-0.3, -0.25) is 4.99 Å². The van der Waals surface area contributed by atoms with Gasteiger partial charge in [-0.1, -0.05) is 50.2 Å². The molecular formula is C19H25N3O2S. The molecule has 0 aliphatic rings. The number of guanidine groups is 1. The van der Waals surface area contributed by atoms with Crippen LogP contribution >= 0.6 is 0 Å². The first-order valence-electron chi connectivity index (χ1n) is 8.43. The SMILES string of the molecule is CCc1cccc(CC)c1NC(N)=NCCS(=O)(=O)c1ccccc1. The van der Waals surface area contributed by atoms with Crippen LogP contribution < -0.4 is 11.1 Å². The molecule has 0 amide bonds. The van der Waals surface area contributed by atoms with Crippen LogP contribution in [0.15, 0.2) is 58.4 Å². The Morgan fingerprint density at radius 2 is 1.60 bits per heavy atom. The summed E-state index contributed by atoms with van der Waals surface area (Å²) < 4.78 is 24.5. The third kappa shape index (κ3) is 5.06. The van der Waals surface area contributed by atoms with Crippen molar-refractivity contribution in [2.45, 2.75) is 31.6 Å². The first kappa shape index (κ1) is 19.0. The third-order valence-corrected chi connectivity index (χ3v) is 5.71. The number of para-hydroxylation sites is 1. The second-order valence-corrected chi connectivity index (χ2v) is 7.79. The molecule has 2 aromatic rings. The van der Waals surface area contributed by atoms with Gasteiger partial charge in [-0.15, -0.1) is 0 Å². The minimum absolute atomic E-state index is 0.0740. The van der Waals surface area contributed by atoms with Crippen molar-refractivity contribution in [2.75, 3.05) is 17.6 Å². The Labute approximate surface area is 149 Å². The number of hydrogen-bond donors (Lipinski definition) is 2. The molecule has 2 aromatic carbocycles. The highest BCUT2D eigenvalue weighted by Gasteiger charge is 2.13. The van der Waals surface area contributed by atoms with E-state index in [1.54, 1.807) is 30.3 Å². The number of nitrogens with one attached hydrogen (secondary N) is 1. The summed E-state index contributed by atoms with van der Waals surface area (Å²) in [6.07, 6.45) is 1.76. The average molecular weight is 359 g/mol. The lowest BCUT2D eigenvalue weighted by atomic mass is 10.0. The molecule has 0 aliphatic heterocycles. The summed E-state index contributed by atoms with van der Waals surface area (Å²) in [4.78, 5) is 4.49. The molecule has 2 rings (SSSR count). The molecule has 0 bridgehead atoms. The van der Waals surface area contributed by atoms with Crippen LogP contribution in [0.4, 0.5) is 5.69 Å². The molecule has 0 saturated heterocycles. The van der Waals surface area contributed by atoms with Crippen LogP contribution in [0.25, 0.3) is 0 Å². The van der Waals surface area contributed by atoms with Crippen LogP contribution in [0.3, 0.4) is 0 Å². The van der Waals surface area contributed by atoms with E-state index in [9.17, 15) is 8.42 Å². The number of nitrogens with two attached hydrogens (primary N) is 1. The van der Waals surface area contributed by atoms with Gasteiger partial charge in [0.15, 0.2) is 15.8 Å². The topological polar surface area (TPSA) is 84.5 Å². The smallest absolute Gasteiger partial charge is 0.193 e. The molecule has 25 heavy (non-hydrogen) atoms. The van der Waals surface area contributed by atoms with Crippen molar-refractivity contribution in [2.24, 2.45) is 10.7 Å². The van der Waals surface area contributed by atoms with Crippen LogP contribution in [-0.4, -0.2) is 26.7 Å². The van der Waals surface area contributed by atoms with Crippen molar-refractivity contribution in [3.63, 3.8) is 0 Å². The Bertz CT molecular complexity index is 809. The van der Waals surface area contributed by atoms with Crippen molar-refractivity contribution in [3.8, 4) is 0 Å². The van der Waals surface area contributed by atoms with Crippen molar-refractivity contribution in [1.29, 1.82) is 0 Å². The van der Waals surface area contributed by atoms with Crippen LogP contribution in [0, 0.1) is 0 Å². The van der Waals surface area contributed by atoms with Crippen molar-refractivity contribution >= 4 is 21.5 Å². The fourth-order valence-electron chi connectivity index (χ4n) is 2.60. The van der Waals surface area contributed by atoms with Gasteiger partial charge < -0.3 is 11.1 Å². The molecule has 0 heterocycles. The lowest BCUT2D eigenvalue weighted by molar-refractivity contribution is 0.596. The van der Waals surface area contributed by atoms with Gasteiger partial charge in [-0.25, -0.2) is 8.42 Å². The molecule has 6 heteroatoms. The number of aliphatic imine (C=N–C) groups is 1. The minimum atomic E-state index is -3.34. The molecule has 0 saturated carbocycles. The third-order valence-electron chi connectivity index (χ3n) is 4.00. The Kier molecular flexibility index (Phi) is 6.58. The zero-order chi connectivity index (χ0) is 18.3. The fourth-order valence-corrected chi connectivity index (χ4v) is 3.74. The van der Waals surface area contributed by atoms with Crippen molar-refractivity contribution < 1.29 is 8.42 Å². The summed E-state index contributed by atoms with van der Waals surface area (Å²) in [6, 6.07) is 14.5. The molecule has 0 fully saturated rings. The largest absolute Gasteiger partial charge is 0.370 e. The van der Waals surface area contributed by atoms with Gasteiger partial charge in [0.1, 0.15) is 0 Å². The van der Waals surface area contributed by atoms with E-state index in [1.807, 2.05) is 6.07 Å². The van der Waals surface area contributed by atoms with Crippen LogP contribution in [0.2, 0.25) is 0 Å². The maximum atomic E-state index is 12.2. The van der Waals surface area contributed by atoms with Gasteiger partial charge >= 0.3 is 0 Å². The fraction of sp³-hybridized carbons (Fsp3) is 0.316. The number of nitrogens with zero attached hydrogens (tertiary/aromatic N) is 1. The first-order chi connectivity index (χ1) is 12.0. The van der Waals surface area contributed by atoms with Crippen molar-refractivity contribution in [3.05, 3.63) is 59.7 Å². The Morgan fingerprint density at radius 1 is 1.00 bits per heavy atom. The molecule has 3 N–H and O–H groups in total. The van der Waals surface area contributed by atoms with Gasteiger partial charge in [-0.2, -0.15) is 0 Å². The normalized spacial score (nSPS) is 12.2. The Hall–Kier alpha value is -2.34. The maximum absolute atomic E-state index is 12.2. The lowest BCUT2D eigenvalue weighted by Gasteiger charge is -2.14. The van der Waals surface area contributed by atoms with Gasteiger partial charge in [0.25, 0.3) is 0 Å². The van der Waals surface area contributed by atoms with Crippen molar-refractivity contribution in [1.82, 2.24) is 0 Å². The summed E-state index contributed by atoms with van der Waals surface area (Å²) in [5, 5.41) is 3.14. The van der Waals surface area contributed by atoms with E-state index in [0.717, 1.165) is 29.7 Å². The summed E-state index contributed by atoms with van der Waals surface area (Å²) in [5.41, 5.74) is 9.26. The predicted octanol–water partition coefficient (Wildman–Crippen LogP) is 3.01. The van der Waals surface area contributed by atoms with Gasteiger partial charge in [0.2, 0.25) is 0 Å². The molecule has 0 aliphatic carbocycles. The predicted molar refractivity (Wildman–Crippen MR) is 104 cm³/mol. The molecule has 0 radical (unpaired) electrons. The van der Waals surface area contributed by atoms with E-state index in [0.29, 0.717) is 4.90 Å². The van der Waals surface area contributed by atoms with Crippen LogP contribution in [-0.2, 0) is 22.7 Å². The van der Waals surface area contributed by atoms with E-state index < -0.39 is 9.84 Å². The summed E-state index contributed by atoms with van der Waals surface area (Å²) in [7, 11) is -3.34. The second kappa shape index (κ2) is 8.67. The van der Waals surface area contributed by atoms with Gasteiger partial charge in [0.05, 0.1) is 17.2 Å². The van der Waals surface area contributed by atoms with Gasteiger partial charge in [-0.05, 0) is 36.1 Å². The van der Waals surface area contributed by atoms with E-state index in [-0.39, 0.29) is 18.3 Å². The Balaban J connectivity index is 2.06. The summed E-state index contributed by atoms with van der Waals surface area (Å²) >= 11 is 0. The van der Waals surface area contributed by atoms with E-state index in [2.05, 4.69) is 36.3 Å². The summed E-state index contributed by atoms with van der Waals surface area (Å²) in [6.45, 7) is 4.28. The monoisotopic (exact) mass is 359 g/mol. The summed E-state index contributed by atoms with van der Waals surface area (Å²) in [5.74, 6) is 0.161. The molecule has 134 valence electrons. The lowest BCUT2D eigenvalue weighted by Crippen LogP contribution is -2.25. The number of rotatable bonds is 7. The maximum Gasteiger partial charge on any atom is 0.193 e. The highest BCUT2D eigenvalue weighted by Crippen LogP contribution is 2.22. The number of anilines is 1. The average Bonchev–Trinajstić information content (AvgIpc) is 2.62. The second-order valence-electron chi connectivity index (χ2n) is 5.68. The first-order valence-corrected chi connectivity index (χ1v) is 10.1. The van der Waals surface area contributed by atoms with Crippen LogP contribution in [0.5, 0.6) is 0 Å². The molecule has 0 atom stereocenters. The number of sulfone groups is 1. The quantitative estimate of drug-likeness (QED) is 0.588. The number of benzene rings is 2. The molecule has 0 spiro atoms. The highest BCUT2D eigenvalue weighted by molar-refractivity contribution is 7.91. The molecule has 5 nitrogen and oxygen atoms in total. The standard InChI is InChI=1S/C19H25N3O2S/c1-3-15-9-8-10-16(4-2)18(15)22-19(20)21-13-14-25(23,24)17-11-6-5-7-12-17/h5-12H,3-4,13-14H2,1-2H3,(H3,20,21,22). The Morgan fingerprint density at radius 3 is 2.16 bits per heavy atom. The highest BCUT2D eigenvalue weighted by atomic mass is 32.2. The zero-order valence-corrected chi connectivity index (χ0v) is 15.5. The minimum Gasteiger partial charge on any atom is -0.370 e. The molecular weight excluding hydrogens is 334 g/mol. The van der Waals surface area contributed by atoms with E-state index in [1.165, 1.54) is 0 Å². The molecule has 0 aromatic heterocycles. The molecule has 0 unspecified atom stereocenters. The number of hydrogen-bond acceptors (Lipinski definition) is 3. The van der Waals surface area contributed by atoms with Crippen LogP contribution in [0.1, 0.15) is 25.0 Å². The zero-order valence-electron chi connectivity index (χ0n) is 14.7. The van der Waals surface area contributed by atoms with E-state index in [4.69, 9.17) is 5.73 Å². The number of aryl methyl sites for hydroxylation is 2. The van der Waals surface area contributed by atoms with E-state index >= 15 is 0 Å².